The van der Waals surface area contributed by atoms with Gasteiger partial charge in [0.2, 0.25) is 0 Å². The van der Waals surface area contributed by atoms with Crippen LogP contribution in [-0.4, -0.2) is 4.98 Å². The summed E-state index contributed by atoms with van der Waals surface area (Å²) in [6.07, 6.45) is 1.08. The summed E-state index contributed by atoms with van der Waals surface area (Å²) >= 11 is 0. The zero-order valence-electron chi connectivity index (χ0n) is 10.3. The second kappa shape index (κ2) is 4.95. The van der Waals surface area contributed by atoms with Crippen molar-refractivity contribution >= 4 is 11.1 Å². The van der Waals surface area contributed by atoms with Crippen LogP contribution in [0.5, 0.6) is 0 Å². The van der Waals surface area contributed by atoms with Crippen LogP contribution in [0.2, 0.25) is 0 Å². The van der Waals surface area contributed by atoms with Gasteiger partial charge in [-0.1, -0.05) is 36.4 Å². The monoisotopic (exact) mass is 248 g/mol. The zero-order valence-corrected chi connectivity index (χ0v) is 10.3. The van der Waals surface area contributed by atoms with Gasteiger partial charge in [0, 0.05) is 6.42 Å². The van der Waals surface area contributed by atoms with E-state index < -0.39 is 0 Å². The number of oxazole rings is 1. The van der Waals surface area contributed by atoms with Crippen LogP contribution in [0, 0.1) is 11.3 Å². The van der Waals surface area contributed by atoms with Gasteiger partial charge in [-0.25, -0.2) is 4.98 Å². The van der Waals surface area contributed by atoms with E-state index in [0.29, 0.717) is 18.7 Å². The molecule has 0 aliphatic rings. The average Bonchev–Trinajstić information content (AvgIpc) is 2.82. The molecule has 0 aliphatic carbocycles. The van der Waals surface area contributed by atoms with Crippen molar-refractivity contribution in [2.24, 2.45) is 0 Å². The molecule has 2 aromatic carbocycles. The molecule has 1 heterocycles. The Labute approximate surface area is 111 Å². The first-order valence-corrected chi connectivity index (χ1v) is 6.14. The fourth-order valence-corrected chi connectivity index (χ4v) is 2.06. The number of fused-ring (bicyclic) bond motifs is 1. The molecular weight excluding hydrogens is 236 g/mol. The summed E-state index contributed by atoms with van der Waals surface area (Å²) in [6, 6.07) is 17.9. The highest BCUT2D eigenvalue weighted by molar-refractivity contribution is 5.73. The highest BCUT2D eigenvalue weighted by Gasteiger charge is 2.07. The van der Waals surface area contributed by atoms with Gasteiger partial charge in [0.15, 0.2) is 11.5 Å². The van der Waals surface area contributed by atoms with Crippen LogP contribution in [0.4, 0.5) is 0 Å². The first-order chi connectivity index (χ1) is 9.35. The second-order valence-corrected chi connectivity index (χ2v) is 4.41. The second-order valence-electron chi connectivity index (χ2n) is 4.41. The van der Waals surface area contributed by atoms with Crippen LogP contribution < -0.4 is 0 Å². The number of rotatable bonds is 3. The van der Waals surface area contributed by atoms with Gasteiger partial charge in [-0.05, 0) is 23.3 Å². The Hall–Kier alpha value is -2.60. The topological polar surface area (TPSA) is 49.8 Å². The first kappa shape index (κ1) is 11.5. The minimum Gasteiger partial charge on any atom is -0.440 e. The third-order valence-electron chi connectivity index (χ3n) is 2.98. The fraction of sp³-hybridized carbons (Fsp3) is 0.125. The predicted molar refractivity (Wildman–Crippen MR) is 72.6 cm³/mol. The number of hydrogen-bond donors (Lipinski definition) is 0. The maximum atomic E-state index is 8.70. The molecule has 92 valence electrons. The lowest BCUT2D eigenvalue weighted by atomic mass is 10.1. The third-order valence-corrected chi connectivity index (χ3v) is 2.98. The molecule has 3 rings (SSSR count). The molecule has 3 heteroatoms. The van der Waals surface area contributed by atoms with Crippen LogP contribution in [0.3, 0.4) is 0 Å². The van der Waals surface area contributed by atoms with E-state index in [9.17, 15) is 0 Å². The molecule has 0 saturated carbocycles. The molecule has 3 aromatic rings. The van der Waals surface area contributed by atoms with Crippen molar-refractivity contribution in [1.29, 1.82) is 5.26 Å². The smallest absolute Gasteiger partial charge is 0.199 e. The Morgan fingerprint density at radius 3 is 2.68 bits per heavy atom. The fourth-order valence-electron chi connectivity index (χ4n) is 2.06. The largest absolute Gasteiger partial charge is 0.440 e. The average molecular weight is 248 g/mol. The number of nitriles is 1. The van der Waals surface area contributed by atoms with E-state index in [1.54, 1.807) is 0 Å². The summed E-state index contributed by atoms with van der Waals surface area (Å²) in [5, 5.41) is 8.70. The summed E-state index contributed by atoms with van der Waals surface area (Å²) in [7, 11) is 0. The third kappa shape index (κ3) is 2.48. The van der Waals surface area contributed by atoms with Gasteiger partial charge in [0.25, 0.3) is 0 Å². The van der Waals surface area contributed by atoms with Crippen molar-refractivity contribution in [3.63, 3.8) is 0 Å². The molecule has 0 fully saturated rings. The van der Waals surface area contributed by atoms with E-state index in [4.69, 9.17) is 9.68 Å². The van der Waals surface area contributed by atoms with Gasteiger partial charge >= 0.3 is 0 Å². The Bertz CT molecular complexity index is 738. The summed E-state index contributed by atoms with van der Waals surface area (Å²) < 4.78 is 5.74. The maximum Gasteiger partial charge on any atom is 0.199 e. The molecule has 19 heavy (non-hydrogen) atoms. The van der Waals surface area contributed by atoms with Gasteiger partial charge in [0.05, 0.1) is 12.5 Å². The van der Waals surface area contributed by atoms with Gasteiger partial charge in [-0.3, -0.25) is 0 Å². The predicted octanol–water partition coefficient (Wildman–Crippen LogP) is 3.48. The van der Waals surface area contributed by atoms with Crippen molar-refractivity contribution in [2.75, 3.05) is 0 Å². The number of nitrogens with zero attached hydrogens (tertiary/aromatic N) is 2. The zero-order chi connectivity index (χ0) is 13.1. The van der Waals surface area contributed by atoms with Crippen LogP contribution in [0.25, 0.3) is 11.1 Å². The molecular formula is C16H12N2O. The quantitative estimate of drug-likeness (QED) is 0.713. The number of hydrogen-bond acceptors (Lipinski definition) is 3. The molecule has 0 unspecified atom stereocenters. The van der Waals surface area contributed by atoms with E-state index in [-0.39, 0.29) is 0 Å². The van der Waals surface area contributed by atoms with Crippen molar-refractivity contribution in [1.82, 2.24) is 4.98 Å². The van der Waals surface area contributed by atoms with E-state index in [1.165, 1.54) is 5.56 Å². The molecule has 0 radical (unpaired) electrons. The maximum absolute atomic E-state index is 8.70. The molecule has 0 aliphatic heterocycles. The highest BCUT2D eigenvalue weighted by atomic mass is 16.3. The first-order valence-electron chi connectivity index (χ1n) is 6.14. The SMILES string of the molecule is N#CCc1ccc2nc(Cc3ccccc3)oc2c1. The van der Waals surface area contributed by atoms with Gasteiger partial charge in [-0.2, -0.15) is 5.26 Å². The van der Waals surface area contributed by atoms with Crippen molar-refractivity contribution in [3.05, 3.63) is 65.5 Å². The molecule has 1 aromatic heterocycles. The van der Waals surface area contributed by atoms with E-state index in [0.717, 1.165) is 16.7 Å². The summed E-state index contributed by atoms with van der Waals surface area (Å²) in [6.45, 7) is 0. The van der Waals surface area contributed by atoms with E-state index in [1.807, 2.05) is 36.4 Å². The Morgan fingerprint density at radius 1 is 1.05 bits per heavy atom. The highest BCUT2D eigenvalue weighted by Crippen LogP contribution is 2.19. The normalized spacial score (nSPS) is 10.5. The van der Waals surface area contributed by atoms with Gasteiger partial charge < -0.3 is 4.42 Å². The molecule has 0 atom stereocenters. The van der Waals surface area contributed by atoms with Gasteiger partial charge in [0.1, 0.15) is 5.52 Å². The minimum atomic E-state index is 0.394. The Kier molecular flexibility index (Phi) is 2.99. The van der Waals surface area contributed by atoms with Crippen molar-refractivity contribution < 1.29 is 4.42 Å². The van der Waals surface area contributed by atoms with E-state index >= 15 is 0 Å². The number of aromatic nitrogens is 1. The van der Waals surface area contributed by atoms with Crippen LogP contribution in [0.15, 0.2) is 52.9 Å². The van der Waals surface area contributed by atoms with Crippen LogP contribution in [-0.2, 0) is 12.8 Å². The Balaban J connectivity index is 1.91. The molecule has 0 bridgehead atoms. The molecule has 0 amide bonds. The van der Waals surface area contributed by atoms with Crippen LogP contribution in [0.1, 0.15) is 17.0 Å². The van der Waals surface area contributed by atoms with Crippen molar-refractivity contribution in [2.45, 2.75) is 12.8 Å². The molecule has 0 N–H and O–H groups in total. The van der Waals surface area contributed by atoms with E-state index in [2.05, 4.69) is 23.2 Å². The number of benzene rings is 2. The standard InChI is InChI=1S/C16H12N2O/c17-9-8-13-6-7-14-15(10-13)19-16(18-14)11-12-4-2-1-3-5-12/h1-7,10H,8,11H2. The lowest BCUT2D eigenvalue weighted by Gasteiger charge is -1.95. The summed E-state index contributed by atoms with van der Waals surface area (Å²) in [5.74, 6) is 0.704. The molecule has 0 spiro atoms. The minimum absolute atomic E-state index is 0.394. The Morgan fingerprint density at radius 2 is 1.89 bits per heavy atom. The summed E-state index contributed by atoms with van der Waals surface area (Å²) in [5.41, 5.74) is 3.72. The van der Waals surface area contributed by atoms with Crippen LogP contribution >= 0.6 is 0 Å². The van der Waals surface area contributed by atoms with Gasteiger partial charge in [-0.15, -0.1) is 0 Å². The molecule has 3 nitrogen and oxygen atoms in total. The molecule has 0 saturated heterocycles. The summed E-state index contributed by atoms with van der Waals surface area (Å²) in [4.78, 5) is 4.46. The lowest BCUT2D eigenvalue weighted by Crippen LogP contribution is -1.86. The lowest BCUT2D eigenvalue weighted by molar-refractivity contribution is 0.544. The van der Waals surface area contributed by atoms with Crippen molar-refractivity contribution in [3.8, 4) is 6.07 Å².